The van der Waals surface area contributed by atoms with Crippen LogP contribution in [0.3, 0.4) is 0 Å². The van der Waals surface area contributed by atoms with Crippen LogP contribution < -0.4 is 9.47 Å². The Hall–Kier alpha value is -1.47. The zero-order chi connectivity index (χ0) is 19.1. The Balaban J connectivity index is 2.08. The van der Waals surface area contributed by atoms with E-state index < -0.39 is 12.0 Å². The molecule has 146 valence electrons. The molecule has 0 aromatic heterocycles. The van der Waals surface area contributed by atoms with Gasteiger partial charge < -0.3 is 19.5 Å². The van der Waals surface area contributed by atoms with Crippen molar-refractivity contribution >= 4 is 0 Å². The van der Waals surface area contributed by atoms with Gasteiger partial charge >= 0.3 is 6.36 Å². The highest BCUT2D eigenvalue weighted by Crippen LogP contribution is 2.56. The molecule has 0 radical (unpaired) electrons. The van der Waals surface area contributed by atoms with Crippen LogP contribution in [0, 0.1) is 17.8 Å². The topological polar surface area (TPSA) is 41.9 Å². The van der Waals surface area contributed by atoms with Gasteiger partial charge in [-0.2, -0.15) is 0 Å². The maximum atomic E-state index is 12.9. The molecule has 4 atom stereocenters. The number of ether oxygens (including phenoxy) is 2. The minimum Gasteiger partial charge on any atom is -0.497 e. The number of nitrogens with zero attached hydrogens (tertiary/aromatic N) is 1. The molecule has 0 saturated heterocycles. The van der Waals surface area contributed by atoms with Gasteiger partial charge in [-0.25, -0.2) is 0 Å². The lowest BCUT2D eigenvalue weighted by atomic mass is 9.65. The zero-order valence-electron chi connectivity index (χ0n) is 15.3. The van der Waals surface area contributed by atoms with Gasteiger partial charge in [0, 0.05) is 18.0 Å². The third-order valence-corrected chi connectivity index (χ3v) is 5.80. The van der Waals surface area contributed by atoms with Crippen molar-refractivity contribution in [2.24, 2.45) is 17.8 Å². The molecule has 0 heterocycles. The molecule has 4 nitrogen and oxygen atoms in total. The molecule has 0 aliphatic heterocycles. The first-order valence-electron chi connectivity index (χ1n) is 8.93. The summed E-state index contributed by atoms with van der Waals surface area (Å²) in [5.41, 5.74) is -1.19. The van der Waals surface area contributed by atoms with Gasteiger partial charge in [-0.05, 0) is 63.4 Å². The minimum atomic E-state index is -4.82. The van der Waals surface area contributed by atoms with Crippen molar-refractivity contribution in [2.75, 3.05) is 27.7 Å². The number of methoxy groups -OCH3 is 1. The van der Waals surface area contributed by atoms with Crippen molar-refractivity contribution in [3.05, 3.63) is 23.8 Å². The Morgan fingerprint density at radius 2 is 2.00 bits per heavy atom. The number of rotatable bonds is 5. The van der Waals surface area contributed by atoms with Crippen LogP contribution in [0.25, 0.3) is 0 Å². The van der Waals surface area contributed by atoms with E-state index in [0.29, 0.717) is 30.6 Å². The zero-order valence-corrected chi connectivity index (χ0v) is 15.3. The van der Waals surface area contributed by atoms with Gasteiger partial charge in [0.15, 0.2) is 0 Å². The van der Waals surface area contributed by atoms with E-state index in [2.05, 4.69) is 4.74 Å². The highest BCUT2D eigenvalue weighted by atomic mass is 19.4. The van der Waals surface area contributed by atoms with Crippen LogP contribution >= 0.6 is 0 Å². The fourth-order valence-corrected chi connectivity index (χ4v) is 4.84. The van der Waals surface area contributed by atoms with E-state index >= 15 is 0 Å². The average molecular weight is 373 g/mol. The van der Waals surface area contributed by atoms with E-state index in [0.717, 1.165) is 19.3 Å². The molecule has 2 saturated carbocycles. The van der Waals surface area contributed by atoms with Crippen molar-refractivity contribution in [3.8, 4) is 11.5 Å². The molecular weight excluding hydrogens is 347 g/mol. The van der Waals surface area contributed by atoms with Crippen molar-refractivity contribution in [1.82, 2.24) is 4.90 Å². The SMILES string of the molecule is COc1ccc(OC(F)(F)F)c([C@@]2(O)C[C@H]3CC[C@H](C3)[C@@H]2CN(C)C)c1. The number of benzene rings is 1. The second-order valence-corrected chi connectivity index (χ2v) is 7.85. The molecular formula is C19H26F3NO3. The predicted molar refractivity (Wildman–Crippen MR) is 91.1 cm³/mol. The van der Waals surface area contributed by atoms with Gasteiger partial charge in [-0.15, -0.1) is 13.2 Å². The van der Waals surface area contributed by atoms with E-state index in [1.165, 1.54) is 25.3 Å². The molecule has 0 amide bonds. The van der Waals surface area contributed by atoms with Crippen molar-refractivity contribution in [2.45, 2.75) is 37.6 Å². The lowest BCUT2D eigenvalue weighted by Gasteiger charge is -2.46. The van der Waals surface area contributed by atoms with E-state index in [1.807, 2.05) is 19.0 Å². The van der Waals surface area contributed by atoms with Gasteiger partial charge in [-0.3, -0.25) is 0 Å². The molecule has 2 bridgehead atoms. The first-order chi connectivity index (χ1) is 12.1. The van der Waals surface area contributed by atoms with Crippen LogP contribution in [0.4, 0.5) is 13.2 Å². The maximum absolute atomic E-state index is 12.9. The van der Waals surface area contributed by atoms with Crippen LogP contribution in [-0.2, 0) is 5.60 Å². The molecule has 1 aromatic rings. The second-order valence-electron chi connectivity index (χ2n) is 7.85. The summed E-state index contributed by atoms with van der Waals surface area (Å²) < 4.78 is 48.2. The Labute approximate surface area is 151 Å². The van der Waals surface area contributed by atoms with Gasteiger partial charge in [-0.1, -0.05) is 6.42 Å². The summed E-state index contributed by atoms with van der Waals surface area (Å²) >= 11 is 0. The molecule has 2 fully saturated rings. The van der Waals surface area contributed by atoms with Crippen molar-refractivity contribution < 1.29 is 27.8 Å². The third-order valence-electron chi connectivity index (χ3n) is 5.80. The van der Waals surface area contributed by atoms with Crippen LogP contribution in [0.2, 0.25) is 0 Å². The van der Waals surface area contributed by atoms with Gasteiger partial charge in [0.05, 0.1) is 12.7 Å². The fraction of sp³-hybridized carbons (Fsp3) is 0.684. The van der Waals surface area contributed by atoms with Crippen LogP contribution in [-0.4, -0.2) is 44.1 Å². The summed E-state index contributed by atoms with van der Waals surface area (Å²) in [6, 6.07) is 4.16. The summed E-state index contributed by atoms with van der Waals surface area (Å²) in [4.78, 5) is 1.98. The summed E-state index contributed by atoms with van der Waals surface area (Å²) in [6.07, 6.45) is -1.32. The Bertz CT molecular complexity index is 649. The molecule has 2 aliphatic rings. The molecule has 3 rings (SSSR count). The van der Waals surface area contributed by atoms with E-state index in [1.54, 1.807) is 0 Å². The van der Waals surface area contributed by atoms with Crippen LogP contribution in [0.1, 0.15) is 31.2 Å². The minimum absolute atomic E-state index is 0.154. The second kappa shape index (κ2) is 6.93. The number of alkyl halides is 3. The quantitative estimate of drug-likeness (QED) is 0.853. The molecule has 0 spiro atoms. The summed E-state index contributed by atoms with van der Waals surface area (Å²) in [5.74, 6) is 0.536. The maximum Gasteiger partial charge on any atom is 0.573 e. The summed E-state index contributed by atoms with van der Waals surface area (Å²) in [6.45, 7) is 0.608. The number of fused-ring (bicyclic) bond motifs is 2. The number of halogens is 3. The Morgan fingerprint density at radius 3 is 2.62 bits per heavy atom. The summed E-state index contributed by atoms with van der Waals surface area (Å²) in [7, 11) is 5.29. The first-order valence-corrected chi connectivity index (χ1v) is 8.93. The summed E-state index contributed by atoms with van der Waals surface area (Å²) in [5, 5.41) is 11.7. The first kappa shape index (κ1) is 19.3. The average Bonchev–Trinajstić information content (AvgIpc) is 2.93. The number of aliphatic hydroxyl groups is 1. The number of hydrogen-bond acceptors (Lipinski definition) is 4. The van der Waals surface area contributed by atoms with Gasteiger partial charge in [0.25, 0.3) is 0 Å². The van der Waals surface area contributed by atoms with Crippen LogP contribution in [0.5, 0.6) is 11.5 Å². The van der Waals surface area contributed by atoms with Crippen molar-refractivity contribution in [3.63, 3.8) is 0 Å². The standard InChI is InChI=1S/C19H26F3NO3/c1-23(2)11-16-13-5-4-12(8-13)10-18(16,24)15-9-14(25-3)6-7-17(15)26-19(20,21)22/h6-7,9,12-13,16,24H,4-5,8,10-11H2,1-3H3/t12-,13+,16-,18-/m0/s1. The molecule has 7 heteroatoms. The van der Waals surface area contributed by atoms with E-state index in [-0.39, 0.29) is 17.2 Å². The largest absolute Gasteiger partial charge is 0.573 e. The lowest BCUT2D eigenvalue weighted by Crippen LogP contribution is -2.47. The molecule has 0 unspecified atom stereocenters. The molecule has 26 heavy (non-hydrogen) atoms. The fourth-order valence-electron chi connectivity index (χ4n) is 4.84. The van der Waals surface area contributed by atoms with Crippen molar-refractivity contribution in [1.29, 1.82) is 0 Å². The molecule has 1 aromatic carbocycles. The Kier molecular flexibility index (Phi) is 5.14. The van der Waals surface area contributed by atoms with Gasteiger partial charge in [0.2, 0.25) is 0 Å². The monoisotopic (exact) mass is 373 g/mol. The van der Waals surface area contributed by atoms with Gasteiger partial charge in [0.1, 0.15) is 11.5 Å². The molecule has 1 N–H and O–H groups in total. The predicted octanol–water partition coefficient (Wildman–Crippen LogP) is 3.78. The lowest BCUT2D eigenvalue weighted by molar-refractivity contribution is -0.275. The van der Waals surface area contributed by atoms with E-state index in [4.69, 9.17) is 4.74 Å². The van der Waals surface area contributed by atoms with E-state index in [9.17, 15) is 18.3 Å². The third kappa shape index (κ3) is 3.78. The highest BCUT2D eigenvalue weighted by Gasteiger charge is 2.53. The normalized spacial score (nSPS) is 31.3. The smallest absolute Gasteiger partial charge is 0.497 e. The number of hydrogen-bond donors (Lipinski definition) is 1. The van der Waals surface area contributed by atoms with Crippen LogP contribution in [0.15, 0.2) is 18.2 Å². The molecule has 2 aliphatic carbocycles. The highest BCUT2D eigenvalue weighted by molar-refractivity contribution is 5.45. The Morgan fingerprint density at radius 1 is 1.27 bits per heavy atom.